The van der Waals surface area contributed by atoms with Gasteiger partial charge in [0.1, 0.15) is 12.0 Å². The van der Waals surface area contributed by atoms with E-state index in [1.807, 2.05) is 59.7 Å². The molecule has 0 unspecified atom stereocenters. The van der Waals surface area contributed by atoms with Crippen LogP contribution in [0.1, 0.15) is 15.9 Å². The largest absolute Gasteiger partial charge is 0.366 e. The van der Waals surface area contributed by atoms with Crippen molar-refractivity contribution in [1.29, 1.82) is 0 Å². The highest BCUT2D eigenvalue weighted by Gasteiger charge is 2.10. The van der Waals surface area contributed by atoms with Crippen molar-refractivity contribution < 1.29 is 4.79 Å². The molecule has 0 fully saturated rings. The molecule has 0 aliphatic carbocycles. The number of aromatic amines is 1. The zero-order valence-corrected chi connectivity index (χ0v) is 16.0. The van der Waals surface area contributed by atoms with Gasteiger partial charge in [0.25, 0.3) is 0 Å². The number of hydrogen-bond donors (Lipinski definition) is 2. The summed E-state index contributed by atoms with van der Waals surface area (Å²) in [6, 6.07) is 17.5. The van der Waals surface area contributed by atoms with E-state index in [0.717, 1.165) is 39.0 Å². The molecule has 30 heavy (non-hydrogen) atoms. The summed E-state index contributed by atoms with van der Waals surface area (Å²) < 4.78 is 1.88. The van der Waals surface area contributed by atoms with Crippen molar-refractivity contribution in [3.05, 3.63) is 90.6 Å². The van der Waals surface area contributed by atoms with Crippen molar-refractivity contribution in [2.24, 2.45) is 5.73 Å². The van der Waals surface area contributed by atoms with Gasteiger partial charge in [-0.3, -0.25) is 9.48 Å². The van der Waals surface area contributed by atoms with Crippen LogP contribution >= 0.6 is 0 Å². The number of hydrogen-bond acceptors (Lipinski definition) is 4. The molecule has 3 N–H and O–H groups in total. The first-order valence-corrected chi connectivity index (χ1v) is 9.47. The SMILES string of the molecule is NC(=O)c1cccc(-c2cccc(Cn3cc(-c4ncnc5[nH]ccc45)cn3)c2)c1. The minimum Gasteiger partial charge on any atom is -0.366 e. The molecule has 5 aromatic rings. The Kier molecular flexibility index (Phi) is 4.33. The van der Waals surface area contributed by atoms with Crippen molar-refractivity contribution in [2.75, 3.05) is 0 Å². The minimum atomic E-state index is -0.432. The van der Waals surface area contributed by atoms with Crippen LogP contribution in [0.25, 0.3) is 33.4 Å². The van der Waals surface area contributed by atoms with E-state index in [2.05, 4.69) is 32.2 Å². The first kappa shape index (κ1) is 17.8. The Bertz CT molecular complexity index is 1370. The summed E-state index contributed by atoms with van der Waals surface area (Å²) in [5, 5.41) is 5.47. The van der Waals surface area contributed by atoms with E-state index in [0.29, 0.717) is 12.1 Å². The second-order valence-electron chi connectivity index (χ2n) is 7.03. The third-order valence-corrected chi connectivity index (χ3v) is 5.01. The molecule has 0 spiro atoms. The van der Waals surface area contributed by atoms with Gasteiger partial charge in [-0.2, -0.15) is 5.10 Å². The summed E-state index contributed by atoms with van der Waals surface area (Å²) in [5.74, 6) is -0.432. The second-order valence-corrected chi connectivity index (χ2v) is 7.03. The number of primary amides is 1. The molecule has 0 radical (unpaired) electrons. The summed E-state index contributed by atoms with van der Waals surface area (Å²) in [7, 11) is 0. The normalized spacial score (nSPS) is 11.1. The molecule has 0 aliphatic rings. The van der Waals surface area contributed by atoms with Crippen LogP contribution in [0.15, 0.2) is 79.5 Å². The van der Waals surface area contributed by atoms with Crippen molar-refractivity contribution in [3.8, 4) is 22.4 Å². The highest BCUT2D eigenvalue weighted by atomic mass is 16.1. The summed E-state index contributed by atoms with van der Waals surface area (Å²) in [6.45, 7) is 0.616. The quantitative estimate of drug-likeness (QED) is 0.475. The summed E-state index contributed by atoms with van der Waals surface area (Å²) in [6.07, 6.45) is 7.20. The van der Waals surface area contributed by atoms with Crippen LogP contribution in [0.3, 0.4) is 0 Å². The Morgan fingerprint density at radius 3 is 2.70 bits per heavy atom. The number of amides is 1. The third kappa shape index (κ3) is 3.33. The number of rotatable bonds is 5. The molecule has 3 heterocycles. The number of fused-ring (bicyclic) bond motifs is 1. The summed E-state index contributed by atoms with van der Waals surface area (Å²) >= 11 is 0. The van der Waals surface area contributed by atoms with Crippen LogP contribution in [-0.4, -0.2) is 30.6 Å². The van der Waals surface area contributed by atoms with E-state index in [4.69, 9.17) is 5.73 Å². The first-order chi connectivity index (χ1) is 14.7. The zero-order chi connectivity index (χ0) is 20.5. The van der Waals surface area contributed by atoms with Gasteiger partial charge in [0.2, 0.25) is 5.91 Å². The van der Waals surface area contributed by atoms with E-state index in [9.17, 15) is 4.79 Å². The highest BCUT2D eigenvalue weighted by molar-refractivity contribution is 5.94. The fourth-order valence-electron chi connectivity index (χ4n) is 3.56. The molecule has 5 rings (SSSR count). The molecule has 0 atom stereocenters. The van der Waals surface area contributed by atoms with Crippen molar-refractivity contribution in [1.82, 2.24) is 24.7 Å². The third-order valence-electron chi connectivity index (χ3n) is 5.01. The number of H-pyrrole nitrogens is 1. The molecule has 2 aromatic carbocycles. The molecule has 0 aliphatic heterocycles. The molecule has 146 valence electrons. The smallest absolute Gasteiger partial charge is 0.248 e. The lowest BCUT2D eigenvalue weighted by Crippen LogP contribution is -2.10. The Morgan fingerprint density at radius 2 is 1.83 bits per heavy atom. The van der Waals surface area contributed by atoms with E-state index >= 15 is 0 Å². The second kappa shape index (κ2) is 7.29. The molecular formula is C23H18N6O. The lowest BCUT2D eigenvalue weighted by molar-refractivity contribution is 0.100. The number of benzene rings is 2. The standard InChI is InChI=1S/C23H18N6O/c24-22(30)18-6-2-5-17(10-18)16-4-1-3-15(9-16)12-29-13-19(11-28-29)21-20-7-8-25-23(20)27-14-26-21/h1-11,13-14H,12H2,(H2,24,30)(H,25,26,27). The zero-order valence-electron chi connectivity index (χ0n) is 16.0. The Labute approximate surface area is 172 Å². The first-order valence-electron chi connectivity index (χ1n) is 9.47. The summed E-state index contributed by atoms with van der Waals surface area (Å²) in [4.78, 5) is 23.2. The number of nitrogens with one attached hydrogen (secondary N) is 1. The number of carbonyl (C=O) groups excluding carboxylic acids is 1. The number of nitrogens with two attached hydrogens (primary N) is 1. The predicted molar refractivity (Wildman–Crippen MR) is 115 cm³/mol. The Hall–Kier alpha value is -4.26. The monoisotopic (exact) mass is 394 g/mol. The van der Waals surface area contributed by atoms with Crippen molar-refractivity contribution in [2.45, 2.75) is 6.54 Å². The fourth-order valence-corrected chi connectivity index (χ4v) is 3.56. The maximum absolute atomic E-state index is 11.5. The lowest BCUT2D eigenvalue weighted by Gasteiger charge is -2.07. The maximum Gasteiger partial charge on any atom is 0.248 e. The molecule has 7 heteroatoms. The van der Waals surface area contributed by atoms with Crippen LogP contribution in [0.2, 0.25) is 0 Å². The van der Waals surface area contributed by atoms with E-state index < -0.39 is 5.91 Å². The molecule has 7 nitrogen and oxygen atoms in total. The van der Waals surface area contributed by atoms with Gasteiger partial charge < -0.3 is 10.7 Å². The van der Waals surface area contributed by atoms with Gasteiger partial charge in [-0.05, 0) is 41.0 Å². The number of nitrogens with zero attached hydrogens (tertiary/aromatic N) is 4. The van der Waals surface area contributed by atoms with Crippen LogP contribution in [0, 0.1) is 0 Å². The van der Waals surface area contributed by atoms with Crippen LogP contribution < -0.4 is 5.73 Å². The molecule has 0 saturated carbocycles. The van der Waals surface area contributed by atoms with Gasteiger partial charge in [0.15, 0.2) is 0 Å². The van der Waals surface area contributed by atoms with Gasteiger partial charge in [-0.25, -0.2) is 9.97 Å². The van der Waals surface area contributed by atoms with Gasteiger partial charge in [0, 0.05) is 28.9 Å². The van der Waals surface area contributed by atoms with Gasteiger partial charge in [-0.1, -0.05) is 30.3 Å². The molecule has 3 aromatic heterocycles. The van der Waals surface area contributed by atoms with Crippen molar-refractivity contribution >= 4 is 16.9 Å². The maximum atomic E-state index is 11.5. The van der Waals surface area contributed by atoms with Gasteiger partial charge in [0.05, 0.1) is 18.4 Å². The molecule has 0 bridgehead atoms. The fraction of sp³-hybridized carbons (Fsp3) is 0.0435. The summed E-state index contributed by atoms with van der Waals surface area (Å²) in [5.41, 5.74) is 11.6. The van der Waals surface area contributed by atoms with Crippen LogP contribution in [-0.2, 0) is 6.54 Å². The molecular weight excluding hydrogens is 376 g/mol. The molecule has 0 saturated heterocycles. The predicted octanol–water partition coefficient (Wildman–Crippen LogP) is 3.64. The van der Waals surface area contributed by atoms with E-state index in [1.165, 1.54) is 0 Å². The topological polar surface area (TPSA) is 102 Å². The van der Waals surface area contributed by atoms with Gasteiger partial charge in [-0.15, -0.1) is 0 Å². The Morgan fingerprint density at radius 1 is 1.00 bits per heavy atom. The minimum absolute atomic E-state index is 0.432. The van der Waals surface area contributed by atoms with Crippen LogP contribution in [0.4, 0.5) is 0 Å². The Balaban J connectivity index is 1.42. The van der Waals surface area contributed by atoms with E-state index in [1.54, 1.807) is 12.4 Å². The number of aromatic nitrogens is 5. The van der Waals surface area contributed by atoms with Crippen LogP contribution in [0.5, 0.6) is 0 Å². The highest BCUT2D eigenvalue weighted by Crippen LogP contribution is 2.25. The van der Waals surface area contributed by atoms with E-state index in [-0.39, 0.29) is 0 Å². The van der Waals surface area contributed by atoms with Gasteiger partial charge >= 0.3 is 0 Å². The lowest BCUT2D eigenvalue weighted by atomic mass is 10.0. The van der Waals surface area contributed by atoms with Crippen molar-refractivity contribution in [3.63, 3.8) is 0 Å². The average molecular weight is 394 g/mol. The number of carbonyl (C=O) groups is 1. The molecule has 1 amide bonds. The average Bonchev–Trinajstić information content (AvgIpc) is 3.43.